The van der Waals surface area contributed by atoms with E-state index in [0.717, 1.165) is 27.9 Å². The van der Waals surface area contributed by atoms with E-state index in [9.17, 15) is 19.5 Å². The quantitative estimate of drug-likeness (QED) is 0.201. The number of nitrogens with one attached hydrogen (secondary N) is 2. The Morgan fingerprint density at radius 1 is 0.762 bits per heavy atom. The first-order valence-electron chi connectivity index (χ1n) is 14.4. The van der Waals surface area contributed by atoms with Gasteiger partial charge >= 0.3 is 0 Å². The second-order valence-corrected chi connectivity index (χ2v) is 10.1. The Labute approximate surface area is 247 Å². The fraction of sp³-hybridized carbons (Fsp3) is 0.324. The van der Waals surface area contributed by atoms with Crippen molar-refractivity contribution < 1.29 is 24.2 Å². The first-order chi connectivity index (χ1) is 20.5. The lowest BCUT2D eigenvalue weighted by molar-refractivity contribution is -0.122. The lowest BCUT2D eigenvalue weighted by atomic mass is 10.0. The smallest absolute Gasteiger partial charge is 0.229 e. The molecule has 0 bridgehead atoms. The van der Waals surface area contributed by atoms with Crippen LogP contribution in [0.25, 0.3) is 0 Å². The van der Waals surface area contributed by atoms with Crippen LogP contribution in [-0.4, -0.2) is 49.1 Å². The molecule has 1 aliphatic rings. The fourth-order valence-electron chi connectivity index (χ4n) is 4.61. The van der Waals surface area contributed by atoms with Crippen LogP contribution in [0.3, 0.4) is 0 Å². The van der Waals surface area contributed by atoms with E-state index in [0.29, 0.717) is 58.4 Å². The van der Waals surface area contributed by atoms with E-state index in [2.05, 4.69) is 22.5 Å². The molecule has 0 unspecified atom stereocenters. The van der Waals surface area contributed by atoms with Crippen molar-refractivity contribution in [2.24, 2.45) is 0 Å². The van der Waals surface area contributed by atoms with Crippen LogP contribution in [0.15, 0.2) is 72.8 Å². The van der Waals surface area contributed by atoms with Crippen LogP contribution in [0.5, 0.6) is 5.75 Å². The van der Waals surface area contributed by atoms with Crippen LogP contribution in [0.1, 0.15) is 54.4 Å². The number of rotatable bonds is 14. The molecule has 42 heavy (non-hydrogen) atoms. The Balaban J connectivity index is 1.07. The number of carbonyl (C=O) groups excluding carboxylic acids is 3. The van der Waals surface area contributed by atoms with E-state index >= 15 is 0 Å². The second-order valence-electron chi connectivity index (χ2n) is 10.1. The summed E-state index contributed by atoms with van der Waals surface area (Å²) in [5.74, 6) is 6.41. The Morgan fingerprint density at radius 2 is 1.38 bits per heavy atom. The van der Waals surface area contributed by atoms with Gasteiger partial charge in [0, 0.05) is 56.7 Å². The Morgan fingerprint density at radius 3 is 2.12 bits per heavy atom. The molecule has 0 spiro atoms. The highest BCUT2D eigenvalue weighted by atomic mass is 16.5. The van der Waals surface area contributed by atoms with Gasteiger partial charge in [0.05, 0.1) is 12.2 Å². The second kappa shape index (κ2) is 16.0. The number of benzene rings is 3. The van der Waals surface area contributed by atoms with E-state index in [1.807, 2.05) is 60.7 Å². The molecule has 1 heterocycles. The largest absolute Gasteiger partial charge is 0.508 e. The van der Waals surface area contributed by atoms with Crippen molar-refractivity contribution in [1.82, 2.24) is 10.6 Å². The van der Waals surface area contributed by atoms with Gasteiger partial charge in [-0.05, 0) is 60.7 Å². The number of anilines is 1. The van der Waals surface area contributed by atoms with E-state index in [1.165, 1.54) is 0 Å². The molecule has 0 fully saturated rings. The van der Waals surface area contributed by atoms with Gasteiger partial charge in [-0.25, -0.2) is 0 Å². The zero-order valence-electron chi connectivity index (χ0n) is 23.7. The number of fused-ring (bicyclic) bond motifs is 2. The molecule has 0 atom stereocenters. The molecule has 0 saturated carbocycles. The molecular weight excluding hydrogens is 530 g/mol. The highest BCUT2D eigenvalue weighted by molar-refractivity contribution is 5.95. The number of carbonyl (C=O) groups is 3. The molecule has 0 radical (unpaired) electrons. The molecule has 8 nitrogen and oxygen atoms in total. The predicted molar refractivity (Wildman–Crippen MR) is 162 cm³/mol. The van der Waals surface area contributed by atoms with Crippen LogP contribution in [0.4, 0.5) is 5.69 Å². The van der Waals surface area contributed by atoms with Crippen LogP contribution in [-0.2, 0) is 32.1 Å². The maximum atomic E-state index is 13.2. The highest BCUT2D eigenvalue weighted by Gasteiger charge is 2.21. The molecule has 1 aliphatic heterocycles. The van der Waals surface area contributed by atoms with E-state index in [4.69, 9.17) is 4.74 Å². The van der Waals surface area contributed by atoms with Crippen LogP contribution >= 0.6 is 0 Å². The predicted octanol–water partition coefficient (Wildman–Crippen LogP) is 4.08. The molecule has 3 aromatic carbocycles. The summed E-state index contributed by atoms with van der Waals surface area (Å²) in [4.78, 5) is 39.2. The van der Waals surface area contributed by atoms with Crippen molar-refractivity contribution in [3.63, 3.8) is 0 Å². The maximum Gasteiger partial charge on any atom is 0.229 e. The number of phenolic OH excluding ortho intramolecular Hbond substituents is 1. The number of hydrogen-bond acceptors (Lipinski definition) is 5. The third-order valence-electron chi connectivity index (χ3n) is 6.89. The average Bonchev–Trinajstić information content (AvgIpc) is 2.99. The van der Waals surface area contributed by atoms with Crippen LogP contribution in [0.2, 0.25) is 0 Å². The van der Waals surface area contributed by atoms with E-state index in [-0.39, 0.29) is 36.4 Å². The van der Waals surface area contributed by atoms with Crippen molar-refractivity contribution >= 4 is 23.4 Å². The fourth-order valence-corrected chi connectivity index (χ4v) is 4.61. The van der Waals surface area contributed by atoms with Crippen LogP contribution < -0.4 is 15.5 Å². The topological polar surface area (TPSA) is 108 Å². The summed E-state index contributed by atoms with van der Waals surface area (Å²) in [5.41, 5.74) is 4.52. The summed E-state index contributed by atoms with van der Waals surface area (Å²) in [6.45, 7) is 2.10. The Kier molecular flexibility index (Phi) is 11.6. The summed E-state index contributed by atoms with van der Waals surface area (Å²) >= 11 is 0. The number of phenols is 1. The molecule has 0 aromatic heterocycles. The van der Waals surface area contributed by atoms with Gasteiger partial charge in [-0.1, -0.05) is 54.3 Å². The number of ether oxygens (including phenoxy) is 1. The van der Waals surface area contributed by atoms with E-state index in [1.54, 1.807) is 17.0 Å². The lowest BCUT2D eigenvalue weighted by Gasteiger charge is -2.26. The van der Waals surface area contributed by atoms with Gasteiger partial charge < -0.3 is 25.4 Å². The normalized spacial score (nSPS) is 11.7. The number of nitrogens with zero attached hydrogens (tertiary/aromatic N) is 1. The van der Waals surface area contributed by atoms with Gasteiger partial charge in [-0.3, -0.25) is 14.4 Å². The van der Waals surface area contributed by atoms with Gasteiger partial charge in [0.15, 0.2) is 0 Å². The monoisotopic (exact) mass is 567 g/mol. The average molecular weight is 568 g/mol. The number of amides is 3. The van der Waals surface area contributed by atoms with Crippen molar-refractivity contribution in [2.45, 2.75) is 45.1 Å². The lowest BCUT2D eigenvalue weighted by Crippen LogP contribution is -2.35. The summed E-state index contributed by atoms with van der Waals surface area (Å²) < 4.78 is 5.57. The molecule has 3 amide bonds. The van der Waals surface area contributed by atoms with Crippen molar-refractivity contribution in [3.8, 4) is 17.6 Å². The first kappa shape index (κ1) is 30.4. The molecule has 0 saturated heterocycles. The minimum absolute atomic E-state index is 0.0253. The first-order valence-corrected chi connectivity index (χ1v) is 14.4. The van der Waals surface area contributed by atoms with Crippen molar-refractivity contribution in [1.29, 1.82) is 0 Å². The minimum Gasteiger partial charge on any atom is -0.508 e. The van der Waals surface area contributed by atoms with Gasteiger partial charge in [-0.15, -0.1) is 0 Å². The number of para-hydroxylation sites is 1. The minimum atomic E-state index is -0.122. The molecule has 3 N–H and O–H groups in total. The standard InChI is InChI=1S/C34H37N3O5/c38-30-17-13-26(14-18-30)19-21-35-32(39)11-5-23-42-24-6-12-33(40)36-22-20-34(41)37-25-29-9-2-1-7-27(29)15-16-28-8-3-4-10-31(28)37/h1-4,7-10,13-14,17-18,38H,5-6,11-12,19-25H2,(H,35,39)(H,36,40). The summed E-state index contributed by atoms with van der Waals surface area (Å²) in [5, 5.41) is 15.0. The van der Waals surface area contributed by atoms with Gasteiger partial charge in [-0.2, -0.15) is 0 Å². The third kappa shape index (κ3) is 9.50. The van der Waals surface area contributed by atoms with Crippen LogP contribution in [0, 0.1) is 11.8 Å². The van der Waals surface area contributed by atoms with Crippen molar-refractivity contribution in [3.05, 3.63) is 95.1 Å². The maximum absolute atomic E-state index is 13.2. The summed E-state index contributed by atoms with van der Waals surface area (Å²) in [6.07, 6.45) is 2.74. The summed E-state index contributed by atoms with van der Waals surface area (Å²) in [7, 11) is 0. The Bertz CT molecular complexity index is 1420. The molecular formula is C34H37N3O5. The molecule has 218 valence electrons. The highest BCUT2D eigenvalue weighted by Crippen LogP contribution is 2.25. The number of aromatic hydroxyl groups is 1. The third-order valence-corrected chi connectivity index (χ3v) is 6.89. The van der Waals surface area contributed by atoms with Gasteiger partial charge in [0.2, 0.25) is 17.7 Å². The SMILES string of the molecule is O=C(CCCOCCCC(=O)NCCc1ccc(O)cc1)NCCC(=O)N1Cc2ccccc2C#Cc2ccccc21. The number of hydrogen-bond donors (Lipinski definition) is 3. The van der Waals surface area contributed by atoms with Gasteiger partial charge in [0.1, 0.15) is 5.75 Å². The molecule has 3 aromatic rings. The zero-order chi connectivity index (χ0) is 29.6. The van der Waals surface area contributed by atoms with Crippen molar-refractivity contribution in [2.75, 3.05) is 31.2 Å². The summed E-state index contributed by atoms with van der Waals surface area (Å²) in [6, 6.07) is 22.4. The Hall–Kier alpha value is -4.61. The zero-order valence-corrected chi connectivity index (χ0v) is 23.7. The molecule has 8 heteroatoms. The molecule has 0 aliphatic carbocycles. The van der Waals surface area contributed by atoms with Gasteiger partial charge in [0.25, 0.3) is 0 Å². The molecule has 4 rings (SSSR count). The van der Waals surface area contributed by atoms with E-state index < -0.39 is 0 Å².